The number of rotatable bonds is 6. The van der Waals surface area contributed by atoms with E-state index < -0.39 is 5.41 Å². The molecule has 0 amide bonds. The Morgan fingerprint density at radius 1 is 1.03 bits per heavy atom. The number of benzene rings is 1. The molecule has 1 aromatic carbocycles. The third kappa shape index (κ3) is 3.77. The van der Waals surface area contributed by atoms with Gasteiger partial charge in [0.15, 0.2) is 23.9 Å². The van der Waals surface area contributed by atoms with E-state index in [2.05, 4.69) is 5.16 Å². The largest absolute Gasteiger partial charge is 0.486 e. The van der Waals surface area contributed by atoms with Gasteiger partial charge in [-0.25, -0.2) is 0 Å². The van der Waals surface area contributed by atoms with Crippen molar-refractivity contribution in [1.82, 2.24) is 9.72 Å². The molecule has 5 rings (SSSR count). The third-order valence-electron chi connectivity index (χ3n) is 6.85. The summed E-state index contributed by atoms with van der Waals surface area (Å²) >= 11 is 0. The Hall–Kier alpha value is -3.55. The van der Waals surface area contributed by atoms with E-state index in [4.69, 9.17) is 18.7 Å². The first-order valence-corrected chi connectivity index (χ1v) is 11.6. The van der Waals surface area contributed by atoms with Gasteiger partial charge in [0, 0.05) is 23.0 Å². The molecule has 3 heterocycles. The number of aromatic nitrogens is 2. The topological polar surface area (TPSA) is 92.8 Å². The van der Waals surface area contributed by atoms with Crippen LogP contribution >= 0.6 is 0 Å². The van der Waals surface area contributed by atoms with Crippen molar-refractivity contribution in [2.24, 2.45) is 0 Å². The van der Waals surface area contributed by atoms with Crippen LogP contribution in [0.1, 0.15) is 58.8 Å². The number of nitrogens with zero attached hydrogens (tertiary/aromatic N) is 2. The van der Waals surface area contributed by atoms with Crippen molar-refractivity contribution >= 4 is 11.8 Å². The average Bonchev–Trinajstić information content (AvgIpc) is 3.56. The lowest BCUT2D eigenvalue weighted by atomic mass is 9.78. The van der Waals surface area contributed by atoms with Crippen molar-refractivity contribution in [1.29, 1.82) is 0 Å². The summed E-state index contributed by atoms with van der Waals surface area (Å²) in [7, 11) is 0. The van der Waals surface area contributed by atoms with Crippen LogP contribution in [0.5, 0.6) is 11.5 Å². The third-order valence-corrected chi connectivity index (χ3v) is 6.85. The second kappa shape index (κ2) is 8.66. The minimum absolute atomic E-state index is 0.247. The van der Waals surface area contributed by atoms with Gasteiger partial charge in [-0.15, -0.1) is 0 Å². The highest BCUT2D eigenvalue weighted by Crippen LogP contribution is 2.45. The van der Waals surface area contributed by atoms with E-state index in [1.807, 2.05) is 49.6 Å². The Balaban J connectivity index is 1.34. The Bertz CT molecular complexity index is 1250. The lowest BCUT2D eigenvalue weighted by molar-refractivity contribution is -0.149. The van der Waals surface area contributed by atoms with Gasteiger partial charge in [-0.2, -0.15) is 0 Å². The van der Waals surface area contributed by atoms with Crippen LogP contribution < -0.4 is 9.47 Å². The fourth-order valence-corrected chi connectivity index (χ4v) is 5.13. The molecule has 8 nitrogen and oxygen atoms in total. The number of carbonyl (C=O) groups excluding carboxylic acids is 2. The molecule has 0 unspecified atom stereocenters. The van der Waals surface area contributed by atoms with E-state index in [0.29, 0.717) is 54.7 Å². The zero-order chi connectivity index (χ0) is 23.9. The van der Waals surface area contributed by atoms with Crippen LogP contribution in [0, 0.1) is 20.8 Å². The summed E-state index contributed by atoms with van der Waals surface area (Å²) < 4.78 is 24.0. The van der Waals surface area contributed by atoms with Gasteiger partial charge in [0.1, 0.15) is 19.0 Å². The number of esters is 1. The van der Waals surface area contributed by atoms with E-state index in [-0.39, 0.29) is 18.4 Å². The van der Waals surface area contributed by atoms with Crippen LogP contribution in [-0.2, 0) is 14.9 Å². The van der Waals surface area contributed by atoms with Gasteiger partial charge in [-0.05, 0) is 57.4 Å². The average molecular weight is 465 g/mol. The molecule has 0 atom stereocenters. The van der Waals surface area contributed by atoms with Gasteiger partial charge < -0.3 is 18.7 Å². The minimum atomic E-state index is -0.773. The first-order valence-electron chi connectivity index (χ1n) is 11.6. The number of aryl methyl sites for hydroxylation is 2. The molecule has 3 aromatic rings. The van der Waals surface area contributed by atoms with E-state index >= 15 is 0 Å². The van der Waals surface area contributed by atoms with Crippen molar-refractivity contribution in [3.05, 3.63) is 58.6 Å². The molecule has 1 fully saturated rings. The summed E-state index contributed by atoms with van der Waals surface area (Å²) in [6.07, 6.45) is 3.21. The molecule has 1 aliphatic heterocycles. The maximum Gasteiger partial charge on any atom is 0.317 e. The van der Waals surface area contributed by atoms with E-state index in [1.165, 1.54) is 0 Å². The standard InChI is InChI=1S/C26H28N2O6/c1-16-12-20(18(3)28(16)24-13-17(2)34-27-24)21(29)15-33-25(30)26(8-4-5-9-26)19-6-7-22-23(14-19)32-11-10-31-22/h6-7,12-14H,4-5,8-11,15H2,1-3H3. The minimum Gasteiger partial charge on any atom is -0.486 e. The number of carbonyl (C=O) groups is 2. The van der Waals surface area contributed by atoms with E-state index in [0.717, 1.165) is 29.8 Å². The maximum atomic E-state index is 13.4. The highest BCUT2D eigenvalue weighted by molar-refractivity contribution is 6.00. The summed E-state index contributed by atoms with van der Waals surface area (Å²) in [6, 6.07) is 9.25. The zero-order valence-corrected chi connectivity index (χ0v) is 19.7. The number of ether oxygens (including phenoxy) is 3. The molecule has 2 aliphatic rings. The number of fused-ring (bicyclic) bond motifs is 1. The smallest absolute Gasteiger partial charge is 0.317 e. The zero-order valence-electron chi connectivity index (χ0n) is 19.7. The molecule has 1 aliphatic carbocycles. The molecule has 1 saturated carbocycles. The first-order chi connectivity index (χ1) is 16.4. The van der Waals surface area contributed by atoms with Crippen LogP contribution in [0.15, 0.2) is 34.9 Å². The Morgan fingerprint density at radius 2 is 1.76 bits per heavy atom. The number of hydrogen-bond donors (Lipinski definition) is 0. The summed E-state index contributed by atoms with van der Waals surface area (Å²) in [5.41, 5.74) is 2.17. The van der Waals surface area contributed by atoms with Crippen molar-refractivity contribution in [3.63, 3.8) is 0 Å². The predicted octanol–water partition coefficient (Wildman–Crippen LogP) is 4.40. The molecule has 0 radical (unpaired) electrons. The molecule has 0 saturated heterocycles. The summed E-state index contributed by atoms with van der Waals surface area (Å²) in [5, 5.41) is 4.05. The normalized spacial score (nSPS) is 16.4. The summed E-state index contributed by atoms with van der Waals surface area (Å²) in [4.78, 5) is 26.4. The van der Waals surface area contributed by atoms with Gasteiger partial charge in [0.05, 0.1) is 5.41 Å². The molecule has 0 spiro atoms. The van der Waals surface area contributed by atoms with Crippen LogP contribution in [0.4, 0.5) is 0 Å². The second-order valence-corrected chi connectivity index (χ2v) is 9.06. The molecule has 0 N–H and O–H groups in total. The van der Waals surface area contributed by atoms with Crippen LogP contribution in [0.3, 0.4) is 0 Å². The van der Waals surface area contributed by atoms with Gasteiger partial charge in [0.2, 0.25) is 5.78 Å². The quantitative estimate of drug-likeness (QED) is 0.394. The Labute approximate surface area is 197 Å². The van der Waals surface area contributed by atoms with Gasteiger partial charge in [-0.3, -0.25) is 14.2 Å². The number of hydrogen-bond acceptors (Lipinski definition) is 7. The molecule has 8 heteroatoms. The SMILES string of the molecule is Cc1cc(-n2c(C)cc(C(=O)COC(=O)C3(c4ccc5c(c4)OCCO5)CCCC3)c2C)no1. The maximum absolute atomic E-state index is 13.4. The van der Waals surface area contributed by atoms with Crippen LogP contribution in [0.2, 0.25) is 0 Å². The van der Waals surface area contributed by atoms with Crippen molar-refractivity contribution in [2.45, 2.75) is 51.9 Å². The van der Waals surface area contributed by atoms with Gasteiger partial charge in [0.25, 0.3) is 0 Å². The van der Waals surface area contributed by atoms with Crippen LogP contribution in [0.25, 0.3) is 5.82 Å². The Kier molecular flexibility index (Phi) is 5.67. The van der Waals surface area contributed by atoms with Crippen molar-refractivity contribution in [2.75, 3.05) is 19.8 Å². The number of Topliss-reactive ketones (excluding diaryl/α,β-unsaturated/α-hetero) is 1. The number of ketones is 1. The highest BCUT2D eigenvalue weighted by atomic mass is 16.6. The monoisotopic (exact) mass is 464 g/mol. The molecule has 178 valence electrons. The first kappa shape index (κ1) is 22.3. The lowest BCUT2D eigenvalue weighted by Crippen LogP contribution is -2.36. The van der Waals surface area contributed by atoms with Crippen molar-refractivity contribution < 1.29 is 28.3 Å². The van der Waals surface area contributed by atoms with Crippen molar-refractivity contribution in [3.8, 4) is 17.3 Å². The highest BCUT2D eigenvalue weighted by Gasteiger charge is 2.45. The fraction of sp³-hybridized carbons (Fsp3) is 0.423. The van der Waals surface area contributed by atoms with E-state index in [1.54, 1.807) is 6.07 Å². The molecule has 0 bridgehead atoms. The van der Waals surface area contributed by atoms with Gasteiger partial charge in [-0.1, -0.05) is 24.1 Å². The fourth-order valence-electron chi connectivity index (χ4n) is 5.13. The summed E-state index contributed by atoms with van der Waals surface area (Å²) in [5.74, 6) is 2.02. The van der Waals surface area contributed by atoms with Crippen LogP contribution in [-0.4, -0.2) is 41.3 Å². The molecular formula is C26H28N2O6. The van der Waals surface area contributed by atoms with E-state index in [9.17, 15) is 9.59 Å². The molecule has 2 aromatic heterocycles. The summed E-state index contributed by atoms with van der Waals surface area (Å²) in [6.45, 7) is 6.24. The second-order valence-electron chi connectivity index (χ2n) is 9.06. The van der Waals surface area contributed by atoms with Gasteiger partial charge >= 0.3 is 5.97 Å². The molecule has 34 heavy (non-hydrogen) atoms. The molecular weight excluding hydrogens is 436 g/mol. The lowest BCUT2D eigenvalue weighted by Gasteiger charge is -2.28. The predicted molar refractivity (Wildman–Crippen MR) is 123 cm³/mol. The Morgan fingerprint density at radius 3 is 2.47 bits per heavy atom.